The second kappa shape index (κ2) is 9.41. The number of guanidine groups is 1. The summed E-state index contributed by atoms with van der Waals surface area (Å²) in [6.45, 7) is 1.38. The van der Waals surface area contributed by atoms with Crippen LogP contribution in [-0.4, -0.2) is 25.5 Å². The van der Waals surface area contributed by atoms with Gasteiger partial charge in [0.25, 0.3) is 0 Å². The number of carbonyl (C=O) groups is 1. The summed E-state index contributed by atoms with van der Waals surface area (Å²) in [7, 11) is 1.75. The third-order valence-corrected chi connectivity index (χ3v) is 4.15. The van der Waals surface area contributed by atoms with Gasteiger partial charge in [-0.25, -0.2) is 0 Å². The number of nitrogens with zero attached hydrogens (tertiary/aromatic N) is 1. The van der Waals surface area contributed by atoms with Crippen LogP contribution in [0.15, 0.2) is 59.6 Å². The van der Waals surface area contributed by atoms with Crippen molar-refractivity contribution >= 4 is 41.5 Å². The van der Waals surface area contributed by atoms with Gasteiger partial charge in [0.05, 0.1) is 0 Å². The van der Waals surface area contributed by atoms with Crippen LogP contribution >= 0.6 is 24.0 Å². The molecule has 0 saturated carbocycles. The number of aliphatic imine (C=N–C) groups is 1. The zero-order valence-electron chi connectivity index (χ0n) is 14.2. The minimum atomic E-state index is 0. The number of benzene rings is 2. The molecular formula is C19H23IN4O. The van der Waals surface area contributed by atoms with E-state index in [0.717, 1.165) is 11.6 Å². The normalized spacial score (nSPS) is 16.3. The number of nitrogens with one attached hydrogen (secondary N) is 3. The molecule has 3 N–H and O–H groups in total. The quantitative estimate of drug-likeness (QED) is 0.381. The molecule has 1 heterocycles. The minimum absolute atomic E-state index is 0. The molecule has 0 aromatic heterocycles. The highest BCUT2D eigenvalue weighted by atomic mass is 127. The number of para-hydroxylation sites is 1. The fourth-order valence-corrected chi connectivity index (χ4v) is 2.91. The van der Waals surface area contributed by atoms with E-state index in [4.69, 9.17) is 0 Å². The first-order valence-electron chi connectivity index (χ1n) is 8.13. The van der Waals surface area contributed by atoms with E-state index in [1.807, 2.05) is 36.4 Å². The van der Waals surface area contributed by atoms with Gasteiger partial charge in [-0.2, -0.15) is 0 Å². The second-order valence-corrected chi connectivity index (χ2v) is 5.83. The van der Waals surface area contributed by atoms with E-state index >= 15 is 0 Å². The monoisotopic (exact) mass is 450 g/mol. The molecule has 0 radical (unpaired) electrons. The average molecular weight is 450 g/mol. The van der Waals surface area contributed by atoms with Crippen molar-refractivity contribution < 1.29 is 4.79 Å². The van der Waals surface area contributed by atoms with E-state index in [1.54, 1.807) is 7.05 Å². The first-order chi connectivity index (χ1) is 11.8. The summed E-state index contributed by atoms with van der Waals surface area (Å²) < 4.78 is 0. The van der Waals surface area contributed by atoms with Crippen molar-refractivity contribution in [1.82, 2.24) is 10.6 Å². The van der Waals surface area contributed by atoms with Gasteiger partial charge in [0, 0.05) is 38.2 Å². The molecule has 132 valence electrons. The van der Waals surface area contributed by atoms with Crippen molar-refractivity contribution in [2.24, 2.45) is 4.99 Å². The third-order valence-electron chi connectivity index (χ3n) is 4.15. The van der Waals surface area contributed by atoms with Crippen LogP contribution in [0.2, 0.25) is 0 Å². The van der Waals surface area contributed by atoms with Crippen LogP contribution in [0.1, 0.15) is 23.5 Å². The molecule has 25 heavy (non-hydrogen) atoms. The van der Waals surface area contributed by atoms with Crippen LogP contribution in [0.5, 0.6) is 0 Å². The highest BCUT2D eigenvalue weighted by Gasteiger charge is 2.24. The first kappa shape index (κ1) is 19.2. The number of hydrogen-bond donors (Lipinski definition) is 3. The van der Waals surface area contributed by atoms with Crippen LogP contribution in [0.3, 0.4) is 0 Å². The van der Waals surface area contributed by atoms with Crippen molar-refractivity contribution in [1.29, 1.82) is 0 Å². The van der Waals surface area contributed by atoms with Crippen LogP contribution in [0, 0.1) is 0 Å². The molecule has 1 atom stereocenters. The minimum Gasteiger partial charge on any atom is -0.356 e. The Morgan fingerprint density at radius 2 is 1.84 bits per heavy atom. The topological polar surface area (TPSA) is 65.5 Å². The fraction of sp³-hybridized carbons (Fsp3) is 0.263. The summed E-state index contributed by atoms with van der Waals surface area (Å²) in [6.07, 6.45) is 0.486. The highest BCUT2D eigenvalue weighted by Crippen LogP contribution is 2.31. The van der Waals surface area contributed by atoms with Gasteiger partial charge >= 0.3 is 0 Å². The number of halogens is 1. The van der Waals surface area contributed by atoms with Gasteiger partial charge in [0.1, 0.15) is 0 Å². The van der Waals surface area contributed by atoms with Gasteiger partial charge < -0.3 is 16.0 Å². The maximum absolute atomic E-state index is 11.9. The molecule has 2 aromatic rings. The Kier molecular flexibility index (Phi) is 7.24. The number of rotatable bonds is 4. The number of fused-ring (bicyclic) bond motifs is 1. The number of carbonyl (C=O) groups excluding carboxylic acids is 1. The Hall–Kier alpha value is -2.09. The van der Waals surface area contributed by atoms with Crippen molar-refractivity contribution in [2.45, 2.75) is 18.9 Å². The molecule has 0 fully saturated rings. The first-order valence-corrected chi connectivity index (χ1v) is 8.13. The van der Waals surface area contributed by atoms with Crippen LogP contribution in [-0.2, 0) is 11.3 Å². The van der Waals surface area contributed by atoms with E-state index in [2.05, 4.69) is 39.1 Å². The van der Waals surface area contributed by atoms with Gasteiger partial charge in [-0.3, -0.25) is 9.79 Å². The lowest BCUT2D eigenvalue weighted by atomic mass is 9.90. The number of hydrogen-bond acceptors (Lipinski definition) is 2. The van der Waals surface area contributed by atoms with Gasteiger partial charge in [0.2, 0.25) is 5.91 Å². The zero-order valence-corrected chi connectivity index (χ0v) is 16.5. The molecule has 0 spiro atoms. The standard InChI is InChI=1S/C19H22N4O.HI/c1-20-19(21-12-14-7-3-2-4-8-14)22-13-15-11-18(24)23-17-10-6-5-9-16(15)17;/h2-10,15H,11-13H2,1H3,(H,23,24)(H2,20,21,22);1H. The van der Waals surface area contributed by atoms with Gasteiger partial charge in [-0.15, -0.1) is 24.0 Å². The van der Waals surface area contributed by atoms with Crippen molar-refractivity contribution in [3.05, 3.63) is 65.7 Å². The maximum atomic E-state index is 11.9. The van der Waals surface area contributed by atoms with E-state index in [0.29, 0.717) is 19.5 Å². The Labute approximate surface area is 165 Å². The molecule has 1 unspecified atom stereocenters. The van der Waals surface area contributed by atoms with E-state index in [1.165, 1.54) is 11.1 Å². The van der Waals surface area contributed by atoms with E-state index in [9.17, 15) is 4.79 Å². The highest BCUT2D eigenvalue weighted by molar-refractivity contribution is 14.0. The second-order valence-electron chi connectivity index (χ2n) is 5.83. The summed E-state index contributed by atoms with van der Waals surface area (Å²) in [5, 5.41) is 9.55. The molecule has 0 saturated heterocycles. The summed E-state index contributed by atoms with van der Waals surface area (Å²) in [6, 6.07) is 18.1. The zero-order chi connectivity index (χ0) is 16.8. The predicted molar refractivity (Wildman–Crippen MR) is 112 cm³/mol. The lowest BCUT2D eigenvalue weighted by molar-refractivity contribution is -0.116. The maximum Gasteiger partial charge on any atom is 0.225 e. The van der Waals surface area contributed by atoms with Crippen LogP contribution < -0.4 is 16.0 Å². The van der Waals surface area contributed by atoms with Crippen molar-refractivity contribution in [3.8, 4) is 0 Å². The SMILES string of the molecule is CN=C(NCc1ccccc1)NCC1CC(=O)Nc2ccccc21.I. The third kappa shape index (κ3) is 5.19. The molecule has 0 bridgehead atoms. The largest absolute Gasteiger partial charge is 0.356 e. The van der Waals surface area contributed by atoms with Gasteiger partial charge in [-0.05, 0) is 17.2 Å². The molecule has 3 rings (SSSR count). The average Bonchev–Trinajstić information content (AvgIpc) is 2.62. The number of anilines is 1. The predicted octanol–water partition coefficient (Wildman–Crippen LogP) is 3.10. The van der Waals surface area contributed by atoms with Crippen LogP contribution in [0.25, 0.3) is 0 Å². The fourth-order valence-electron chi connectivity index (χ4n) is 2.91. The summed E-state index contributed by atoms with van der Waals surface area (Å²) in [4.78, 5) is 16.1. The molecule has 6 heteroatoms. The smallest absolute Gasteiger partial charge is 0.225 e. The van der Waals surface area contributed by atoms with Gasteiger partial charge in [-0.1, -0.05) is 48.5 Å². The Morgan fingerprint density at radius 3 is 2.60 bits per heavy atom. The van der Waals surface area contributed by atoms with Crippen molar-refractivity contribution in [2.75, 3.05) is 18.9 Å². The van der Waals surface area contributed by atoms with Gasteiger partial charge in [0.15, 0.2) is 5.96 Å². The summed E-state index contributed by atoms with van der Waals surface area (Å²) in [5.41, 5.74) is 3.28. The summed E-state index contributed by atoms with van der Waals surface area (Å²) >= 11 is 0. The molecule has 5 nitrogen and oxygen atoms in total. The molecule has 1 aliphatic rings. The molecule has 1 aliphatic heterocycles. The molecule has 0 aliphatic carbocycles. The lowest BCUT2D eigenvalue weighted by Gasteiger charge is -2.26. The van der Waals surface area contributed by atoms with Crippen molar-refractivity contribution in [3.63, 3.8) is 0 Å². The number of amides is 1. The molecular weight excluding hydrogens is 427 g/mol. The summed E-state index contributed by atoms with van der Waals surface area (Å²) in [5.74, 6) is 0.945. The molecule has 1 amide bonds. The molecule has 2 aromatic carbocycles. The Balaban J connectivity index is 0.00000225. The van der Waals surface area contributed by atoms with E-state index in [-0.39, 0.29) is 35.8 Å². The van der Waals surface area contributed by atoms with E-state index < -0.39 is 0 Å². The Morgan fingerprint density at radius 1 is 1.12 bits per heavy atom. The van der Waals surface area contributed by atoms with Crippen LogP contribution in [0.4, 0.5) is 5.69 Å². The Bertz CT molecular complexity index is 733. The lowest BCUT2D eigenvalue weighted by Crippen LogP contribution is -2.40.